The fourth-order valence-electron chi connectivity index (χ4n) is 5.51. The number of aryl methyl sites for hydroxylation is 2. The maximum absolute atomic E-state index is 5.69. The molecule has 2 heterocycles. The maximum Gasteiger partial charge on any atom is 0.173 e. The van der Waals surface area contributed by atoms with Gasteiger partial charge in [-0.1, -0.05) is 55.3 Å². The highest BCUT2D eigenvalue weighted by atomic mass is 35.5. The molecule has 2 aromatic carbocycles. The molecule has 1 unspecified atom stereocenters. The predicted octanol–water partition coefficient (Wildman–Crippen LogP) is 4.39. The first-order valence-electron chi connectivity index (χ1n) is 12.8. The molecule has 1 saturated carbocycles. The van der Waals surface area contributed by atoms with E-state index in [1.807, 2.05) is 11.6 Å². The van der Waals surface area contributed by atoms with E-state index in [4.69, 9.17) is 4.74 Å². The largest absolute Gasteiger partial charge is 0.494 e. The van der Waals surface area contributed by atoms with Crippen molar-refractivity contribution in [2.75, 3.05) is 32.8 Å². The van der Waals surface area contributed by atoms with Crippen LogP contribution < -0.4 is 4.74 Å². The first-order chi connectivity index (χ1) is 16.8. The molecule has 1 aliphatic heterocycles. The molecule has 5 rings (SSSR count). The molecule has 0 bridgehead atoms. The summed E-state index contributed by atoms with van der Waals surface area (Å²) in [6.45, 7) is 7.74. The van der Waals surface area contributed by atoms with E-state index >= 15 is 0 Å². The Kier molecular flexibility index (Phi) is 9.12. The molecule has 1 saturated heterocycles. The third-order valence-corrected chi connectivity index (χ3v) is 7.32. The molecule has 1 atom stereocenters. The Balaban J connectivity index is 0.00000289. The smallest absolute Gasteiger partial charge is 0.173 e. The van der Waals surface area contributed by atoms with Crippen LogP contribution in [0.15, 0.2) is 54.6 Å². The van der Waals surface area contributed by atoms with Gasteiger partial charge in [0.1, 0.15) is 5.75 Å². The summed E-state index contributed by atoms with van der Waals surface area (Å²) >= 11 is 0. The van der Waals surface area contributed by atoms with Gasteiger partial charge in [0, 0.05) is 38.8 Å². The van der Waals surface area contributed by atoms with Crippen molar-refractivity contribution >= 4 is 12.4 Å². The van der Waals surface area contributed by atoms with Crippen LogP contribution in [-0.2, 0) is 13.0 Å². The minimum atomic E-state index is 0. The van der Waals surface area contributed by atoms with Gasteiger partial charge in [0.25, 0.3) is 0 Å². The number of ether oxygens (including phenoxy) is 1. The molecule has 188 valence electrons. The van der Waals surface area contributed by atoms with Crippen LogP contribution in [0.1, 0.15) is 55.6 Å². The molecule has 1 aromatic heterocycles. The molecule has 0 spiro atoms. The minimum Gasteiger partial charge on any atom is -0.494 e. The van der Waals surface area contributed by atoms with E-state index in [9.17, 15) is 0 Å². The van der Waals surface area contributed by atoms with Gasteiger partial charge in [0.15, 0.2) is 5.82 Å². The van der Waals surface area contributed by atoms with Crippen LogP contribution in [0.4, 0.5) is 0 Å². The lowest BCUT2D eigenvalue weighted by Crippen LogP contribution is -2.51. The van der Waals surface area contributed by atoms with Gasteiger partial charge in [-0.2, -0.15) is 0 Å². The van der Waals surface area contributed by atoms with Crippen molar-refractivity contribution in [1.82, 2.24) is 30.0 Å². The quantitative estimate of drug-likeness (QED) is 0.438. The normalized spacial score (nSPS) is 18.3. The number of hydrogen-bond acceptors (Lipinski definition) is 6. The van der Waals surface area contributed by atoms with E-state index < -0.39 is 0 Å². The van der Waals surface area contributed by atoms with Gasteiger partial charge in [0.05, 0.1) is 12.6 Å². The van der Waals surface area contributed by atoms with Crippen LogP contribution in [0.5, 0.6) is 5.75 Å². The van der Waals surface area contributed by atoms with Crippen molar-refractivity contribution in [2.24, 2.45) is 0 Å². The lowest BCUT2D eigenvalue weighted by Gasteiger charge is -2.41. The van der Waals surface area contributed by atoms with Gasteiger partial charge in [0.2, 0.25) is 0 Å². The van der Waals surface area contributed by atoms with Gasteiger partial charge >= 0.3 is 0 Å². The van der Waals surface area contributed by atoms with E-state index in [0.29, 0.717) is 6.61 Å². The average molecular weight is 497 g/mol. The van der Waals surface area contributed by atoms with Crippen molar-refractivity contribution < 1.29 is 4.74 Å². The molecule has 1 aliphatic carbocycles. The number of piperazine rings is 1. The van der Waals surface area contributed by atoms with Crippen molar-refractivity contribution in [3.8, 4) is 5.75 Å². The van der Waals surface area contributed by atoms with E-state index in [1.54, 1.807) is 0 Å². The number of rotatable bonds is 9. The van der Waals surface area contributed by atoms with E-state index in [2.05, 4.69) is 79.9 Å². The summed E-state index contributed by atoms with van der Waals surface area (Å²) < 4.78 is 7.69. The number of aromatic nitrogens is 4. The molecule has 8 heteroatoms. The Bertz CT molecular complexity index is 1010. The van der Waals surface area contributed by atoms with E-state index in [-0.39, 0.29) is 18.4 Å². The molecule has 0 amide bonds. The predicted molar refractivity (Wildman–Crippen MR) is 140 cm³/mol. The lowest BCUT2D eigenvalue weighted by molar-refractivity contribution is 0.0770. The molecule has 2 fully saturated rings. The second-order valence-corrected chi connectivity index (χ2v) is 9.41. The van der Waals surface area contributed by atoms with Gasteiger partial charge < -0.3 is 4.74 Å². The molecule has 0 radical (unpaired) electrons. The summed E-state index contributed by atoms with van der Waals surface area (Å²) in [6.07, 6.45) is 6.40. The first kappa shape index (κ1) is 25.6. The number of benzene rings is 2. The summed E-state index contributed by atoms with van der Waals surface area (Å²) in [5.41, 5.74) is 2.51. The fraction of sp³-hybridized carbons (Fsp3) is 0.519. The van der Waals surface area contributed by atoms with Crippen LogP contribution in [0, 0.1) is 0 Å². The minimum absolute atomic E-state index is 0. The molecular weight excluding hydrogens is 460 g/mol. The summed E-state index contributed by atoms with van der Waals surface area (Å²) in [7, 11) is 0. The van der Waals surface area contributed by atoms with Crippen molar-refractivity contribution in [3.05, 3.63) is 71.5 Å². The molecule has 3 aromatic rings. The molecule has 35 heavy (non-hydrogen) atoms. The van der Waals surface area contributed by atoms with E-state index in [0.717, 1.165) is 56.8 Å². The van der Waals surface area contributed by atoms with Crippen LogP contribution in [-0.4, -0.2) is 68.8 Å². The van der Waals surface area contributed by atoms with Crippen LogP contribution in [0.25, 0.3) is 0 Å². The zero-order valence-corrected chi connectivity index (χ0v) is 21.4. The topological polar surface area (TPSA) is 59.3 Å². The number of nitrogens with zero attached hydrogens (tertiary/aromatic N) is 6. The highest BCUT2D eigenvalue weighted by Gasteiger charge is 2.33. The fourth-order valence-corrected chi connectivity index (χ4v) is 5.51. The lowest BCUT2D eigenvalue weighted by atomic mass is 10.0. The molecule has 0 N–H and O–H groups in total. The molecule has 2 aliphatic rings. The monoisotopic (exact) mass is 496 g/mol. The summed E-state index contributed by atoms with van der Waals surface area (Å²) in [5.74, 6) is 1.83. The molecule has 7 nitrogen and oxygen atoms in total. The Labute approximate surface area is 214 Å². The zero-order chi connectivity index (χ0) is 23.2. The van der Waals surface area contributed by atoms with Gasteiger partial charge in [-0.05, 0) is 59.9 Å². The van der Waals surface area contributed by atoms with Crippen molar-refractivity contribution in [3.63, 3.8) is 0 Å². The van der Waals surface area contributed by atoms with Gasteiger partial charge in [-0.25, -0.2) is 4.68 Å². The number of tetrazole rings is 1. The Morgan fingerprint density at radius 3 is 2.34 bits per heavy atom. The average Bonchev–Trinajstić information content (AvgIpc) is 3.58. The number of halogens is 1. The van der Waals surface area contributed by atoms with E-state index in [1.165, 1.54) is 36.8 Å². The Morgan fingerprint density at radius 1 is 0.943 bits per heavy atom. The van der Waals surface area contributed by atoms with Gasteiger partial charge in [-0.3, -0.25) is 9.80 Å². The first-order valence-corrected chi connectivity index (χ1v) is 12.8. The second kappa shape index (κ2) is 12.5. The maximum atomic E-state index is 5.69. The van der Waals surface area contributed by atoms with Crippen LogP contribution >= 0.6 is 12.4 Å². The SMILES string of the molecule is CCOc1ccc(C(c2nnnn2CCc2ccccc2)N2CCN(C3CCCC3)CC2)cc1.Cl. The summed E-state index contributed by atoms with van der Waals surface area (Å²) in [4.78, 5) is 5.27. The van der Waals surface area contributed by atoms with Crippen LogP contribution in [0.2, 0.25) is 0 Å². The number of hydrogen-bond donors (Lipinski definition) is 0. The standard InChI is InChI=1S/C27H36N6O.ClH/c1-2-34-25-14-12-23(13-15-25)26(32-20-18-31(19-21-32)24-10-6-7-11-24)27-28-29-30-33(27)17-16-22-8-4-3-5-9-22;/h3-5,8-9,12-15,24,26H,2,6-7,10-11,16-21H2,1H3;1H. The van der Waals surface area contributed by atoms with Crippen molar-refractivity contribution in [2.45, 2.75) is 57.7 Å². The molecular formula is C27H37ClN6O. The van der Waals surface area contributed by atoms with Crippen LogP contribution in [0.3, 0.4) is 0 Å². The second-order valence-electron chi connectivity index (χ2n) is 9.41. The third-order valence-electron chi connectivity index (χ3n) is 7.32. The summed E-state index contributed by atoms with van der Waals surface area (Å²) in [6, 6.07) is 19.9. The summed E-state index contributed by atoms with van der Waals surface area (Å²) in [5, 5.41) is 13.0. The van der Waals surface area contributed by atoms with Gasteiger partial charge in [-0.15, -0.1) is 17.5 Å². The highest BCUT2D eigenvalue weighted by Crippen LogP contribution is 2.31. The van der Waals surface area contributed by atoms with Crippen molar-refractivity contribution in [1.29, 1.82) is 0 Å². The Hall–Kier alpha value is -2.48. The zero-order valence-electron chi connectivity index (χ0n) is 20.6. The third kappa shape index (κ3) is 6.21. The Morgan fingerprint density at radius 2 is 1.66 bits per heavy atom. The highest BCUT2D eigenvalue weighted by molar-refractivity contribution is 5.85.